The van der Waals surface area contributed by atoms with Crippen molar-refractivity contribution in [2.24, 2.45) is 0 Å². The van der Waals surface area contributed by atoms with E-state index in [1.807, 2.05) is 43.3 Å². The zero-order chi connectivity index (χ0) is 17.7. The number of alkyl halides is 3. The summed E-state index contributed by atoms with van der Waals surface area (Å²) >= 11 is 0. The Bertz CT molecular complexity index is 657. The largest absolute Gasteiger partial charge is 0.496 e. The van der Waals surface area contributed by atoms with Crippen LogP contribution in [0.4, 0.5) is 19.0 Å². The number of methoxy groups -OCH3 is 1. The lowest BCUT2D eigenvalue weighted by Crippen LogP contribution is -2.27. The Morgan fingerprint density at radius 1 is 1.17 bits per heavy atom. The van der Waals surface area contributed by atoms with Crippen molar-refractivity contribution in [1.82, 2.24) is 9.88 Å². The Balaban J connectivity index is 2.12. The molecule has 0 unspecified atom stereocenters. The van der Waals surface area contributed by atoms with E-state index in [2.05, 4.69) is 10.3 Å². The molecule has 1 heterocycles. The fraction of sp³-hybridized carbons (Fsp3) is 0.353. The van der Waals surface area contributed by atoms with Gasteiger partial charge in [0.2, 0.25) is 0 Å². The van der Waals surface area contributed by atoms with Gasteiger partial charge < -0.3 is 15.0 Å². The van der Waals surface area contributed by atoms with Gasteiger partial charge >= 0.3 is 6.18 Å². The van der Waals surface area contributed by atoms with Gasteiger partial charge in [0.25, 0.3) is 0 Å². The van der Waals surface area contributed by atoms with Crippen molar-refractivity contribution in [1.29, 1.82) is 0 Å². The first kappa shape index (κ1) is 18.1. The van der Waals surface area contributed by atoms with E-state index in [1.165, 1.54) is 6.07 Å². The van der Waals surface area contributed by atoms with Crippen molar-refractivity contribution in [3.05, 3.63) is 53.7 Å². The lowest BCUT2D eigenvalue weighted by atomic mass is 10.0. The van der Waals surface area contributed by atoms with Crippen molar-refractivity contribution in [2.75, 3.05) is 33.1 Å². The Kier molecular flexibility index (Phi) is 5.66. The molecule has 130 valence electrons. The average Bonchev–Trinajstić information content (AvgIpc) is 2.55. The van der Waals surface area contributed by atoms with Crippen LogP contribution in [0.15, 0.2) is 42.6 Å². The van der Waals surface area contributed by atoms with Crippen LogP contribution in [-0.4, -0.2) is 37.6 Å². The third-order valence-corrected chi connectivity index (χ3v) is 3.69. The molecule has 24 heavy (non-hydrogen) atoms. The van der Waals surface area contributed by atoms with Crippen LogP contribution in [0.25, 0.3) is 0 Å². The Morgan fingerprint density at radius 2 is 1.88 bits per heavy atom. The van der Waals surface area contributed by atoms with E-state index in [0.717, 1.165) is 23.6 Å². The quantitative estimate of drug-likeness (QED) is 0.868. The number of halogens is 3. The molecule has 1 aromatic carbocycles. The smallest absolute Gasteiger partial charge is 0.417 e. The van der Waals surface area contributed by atoms with Crippen LogP contribution in [0.5, 0.6) is 5.75 Å². The summed E-state index contributed by atoms with van der Waals surface area (Å²) in [6.07, 6.45) is -3.55. The second kappa shape index (κ2) is 7.53. The lowest BCUT2D eigenvalue weighted by Gasteiger charge is -2.26. The standard InChI is InChI=1S/C17H20F3N3O/c1-23(2)14(13-6-4-5-7-15(13)24-3)11-22-16-9-8-12(10-21-16)17(18,19)20/h4-10,14H,11H2,1-3H3,(H,21,22)/t14-/m0/s1. The van der Waals surface area contributed by atoms with Crippen LogP contribution in [0.1, 0.15) is 17.2 Å². The number of anilines is 1. The molecule has 0 fully saturated rings. The lowest BCUT2D eigenvalue weighted by molar-refractivity contribution is -0.137. The van der Waals surface area contributed by atoms with Crippen molar-refractivity contribution >= 4 is 5.82 Å². The highest BCUT2D eigenvalue weighted by molar-refractivity contribution is 5.40. The van der Waals surface area contributed by atoms with E-state index >= 15 is 0 Å². The molecule has 7 heteroatoms. The maximum Gasteiger partial charge on any atom is 0.417 e. The van der Waals surface area contributed by atoms with E-state index in [4.69, 9.17) is 4.74 Å². The molecule has 0 bridgehead atoms. The number of hydrogen-bond acceptors (Lipinski definition) is 4. The Morgan fingerprint density at radius 3 is 2.42 bits per heavy atom. The number of ether oxygens (including phenoxy) is 1. The summed E-state index contributed by atoms with van der Waals surface area (Å²) < 4.78 is 43.1. The first-order valence-electron chi connectivity index (χ1n) is 7.39. The molecule has 2 aromatic rings. The third kappa shape index (κ3) is 4.38. The van der Waals surface area contributed by atoms with Gasteiger partial charge in [-0.25, -0.2) is 4.98 Å². The molecule has 0 aliphatic rings. The molecule has 0 saturated carbocycles. The summed E-state index contributed by atoms with van der Waals surface area (Å²) in [4.78, 5) is 5.84. The summed E-state index contributed by atoms with van der Waals surface area (Å²) in [6.45, 7) is 0.478. The summed E-state index contributed by atoms with van der Waals surface area (Å²) in [5.41, 5.74) is 0.228. The minimum atomic E-state index is -4.38. The molecule has 0 spiro atoms. The maximum absolute atomic E-state index is 12.6. The first-order valence-corrected chi connectivity index (χ1v) is 7.39. The molecule has 4 nitrogen and oxygen atoms in total. The van der Waals surface area contributed by atoms with E-state index in [0.29, 0.717) is 12.4 Å². The molecule has 0 aliphatic carbocycles. The molecular weight excluding hydrogens is 319 g/mol. The van der Waals surface area contributed by atoms with Gasteiger partial charge in [0.15, 0.2) is 0 Å². The molecule has 1 atom stereocenters. The van der Waals surface area contributed by atoms with Gasteiger partial charge in [0.05, 0.1) is 18.7 Å². The van der Waals surface area contributed by atoms with Crippen LogP contribution in [0.2, 0.25) is 0 Å². The van der Waals surface area contributed by atoms with Gasteiger partial charge in [-0.2, -0.15) is 13.2 Å². The number of hydrogen-bond donors (Lipinski definition) is 1. The van der Waals surface area contributed by atoms with Gasteiger partial charge in [0.1, 0.15) is 11.6 Å². The molecule has 0 amide bonds. The monoisotopic (exact) mass is 339 g/mol. The van der Waals surface area contributed by atoms with Gasteiger partial charge in [-0.05, 0) is 32.3 Å². The predicted molar refractivity (Wildman–Crippen MR) is 87.2 cm³/mol. The highest BCUT2D eigenvalue weighted by Gasteiger charge is 2.30. The van der Waals surface area contributed by atoms with Crippen LogP contribution in [0, 0.1) is 0 Å². The van der Waals surface area contributed by atoms with Gasteiger partial charge in [-0.15, -0.1) is 0 Å². The molecule has 0 radical (unpaired) electrons. The second-order valence-electron chi connectivity index (χ2n) is 5.53. The number of nitrogens with one attached hydrogen (secondary N) is 1. The van der Waals surface area contributed by atoms with Crippen LogP contribution >= 0.6 is 0 Å². The van der Waals surface area contributed by atoms with Crippen molar-refractivity contribution in [2.45, 2.75) is 12.2 Å². The fourth-order valence-corrected chi connectivity index (χ4v) is 2.38. The summed E-state index contributed by atoms with van der Waals surface area (Å²) in [7, 11) is 5.47. The average molecular weight is 339 g/mol. The number of para-hydroxylation sites is 1. The number of rotatable bonds is 6. The number of pyridine rings is 1. The molecule has 0 aliphatic heterocycles. The maximum atomic E-state index is 12.6. The van der Waals surface area contributed by atoms with E-state index < -0.39 is 11.7 Å². The van der Waals surface area contributed by atoms with E-state index in [-0.39, 0.29) is 6.04 Å². The number of nitrogens with zero attached hydrogens (tertiary/aromatic N) is 2. The van der Waals surface area contributed by atoms with Crippen molar-refractivity contribution in [3.8, 4) is 5.75 Å². The molecule has 2 rings (SSSR count). The van der Waals surface area contributed by atoms with E-state index in [9.17, 15) is 13.2 Å². The normalized spacial score (nSPS) is 13.0. The molecule has 1 aromatic heterocycles. The Labute approximate surface area is 139 Å². The SMILES string of the molecule is COc1ccccc1[C@H](CNc1ccc(C(F)(F)F)cn1)N(C)C. The number of benzene rings is 1. The van der Waals surface area contributed by atoms with E-state index in [1.54, 1.807) is 7.11 Å². The van der Waals surface area contributed by atoms with Crippen LogP contribution in [0.3, 0.4) is 0 Å². The zero-order valence-corrected chi connectivity index (χ0v) is 13.8. The number of likely N-dealkylation sites (N-methyl/N-ethyl adjacent to an activating group) is 1. The highest BCUT2D eigenvalue weighted by atomic mass is 19.4. The highest BCUT2D eigenvalue weighted by Crippen LogP contribution is 2.30. The Hall–Kier alpha value is -2.28. The molecular formula is C17H20F3N3O. The van der Waals surface area contributed by atoms with Crippen LogP contribution < -0.4 is 10.1 Å². The molecule has 0 saturated heterocycles. The van der Waals surface area contributed by atoms with Gasteiger partial charge in [-0.3, -0.25) is 0 Å². The zero-order valence-electron chi connectivity index (χ0n) is 13.8. The summed E-state index contributed by atoms with van der Waals surface area (Å²) in [5, 5.41) is 3.08. The van der Waals surface area contributed by atoms with Gasteiger partial charge in [-0.1, -0.05) is 18.2 Å². The van der Waals surface area contributed by atoms with Gasteiger partial charge in [0, 0.05) is 18.3 Å². The fourth-order valence-electron chi connectivity index (χ4n) is 2.38. The second-order valence-corrected chi connectivity index (χ2v) is 5.53. The van der Waals surface area contributed by atoms with Crippen molar-refractivity contribution in [3.63, 3.8) is 0 Å². The summed E-state index contributed by atoms with van der Waals surface area (Å²) in [5.74, 6) is 1.16. The van der Waals surface area contributed by atoms with Crippen molar-refractivity contribution < 1.29 is 17.9 Å². The minimum absolute atomic E-state index is 0.0229. The third-order valence-electron chi connectivity index (χ3n) is 3.69. The summed E-state index contributed by atoms with van der Waals surface area (Å²) in [6, 6.07) is 9.98. The minimum Gasteiger partial charge on any atom is -0.496 e. The topological polar surface area (TPSA) is 37.4 Å². The predicted octanol–water partition coefficient (Wildman–Crippen LogP) is 3.82. The number of aromatic nitrogens is 1. The molecule has 1 N–H and O–H groups in total. The first-order chi connectivity index (χ1) is 11.3. The van der Waals surface area contributed by atoms with Crippen LogP contribution in [-0.2, 0) is 6.18 Å².